The Morgan fingerprint density at radius 1 is 1.13 bits per heavy atom. The average molecular weight is 409 g/mol. The first kappa shape index (κ1) is 14.8. The van der Waals surface area contributed by atoms with Gasteiger partial charge in [0.2, 0.25) is 0 Å². The van der Waals surface area contributed by atoms with E-state index >= 15 is 0 Å². The van der Waals surface area contributed by atoms with Gasteiger partial charge in [-0.3, -0.25) is 14.9 Å². The highest BCUT2D eigenvalue weighted by molar-refractivity contribution is 9.10. The Labute approximate surface area is 148 Å². The number of benzene rings is 2. The predicted octanol–water partition coefficient (Wildman–Crippen LogP) is 4.94. The zero-order valence-electron chi connectivity index (χ0n) is 11.5. The van der Waals surface area contributed by atoms with Crippen molar-refractivity contribution < 1.29 is 0 Å². The number of rotatable bonds is 1. The molecule has 0 unspecified atom stereocenters. The van der Waals surface area contributed by atoms with Gasteiger partial charge in [0.1, 0.15) is 0 Å². The van der Waals surface area contributed by atoms with E-state index in [1.807, 2.05) is 24.3 Å². The lowest BCUT2D eigenvalue weighted by molar-refractivity contribution is 0.864. The first-order valence-electron chi connectivity index (χ1n) is 6.69. The molecule has 0 saturated carbocycles. The zero-order valence-corrected chi connectivity index (χ0v) is 14.6. The van der Waals surface area contributed by atoms with Gasteiger partial charge in [0.15, 0.2) is 0 Å². The Morgan fingerprint density at radius 3 is 2.61 bits per heavy atom. The number of H-pyrrole nitrogens is 1. The topological polar surface area (TPSA) is 50.7 Å². The molecular weight excluding hydrogens is 401 g/mol. The van der Waals surface area contributed by atoms with Gasteiger partial charge in [-0.25, -0.2) is 4.68 Å². The lowest BCUT2D eigenvalue weighted by atomic mass is 10.2. The predicted molar refractivity (Wildman–Crippen MR) is 96.9 cm³/mol. The van der Waals surface area contributed by atoms with E-state index in [4.69, 9.17) is 23.2 Å². The van der Waals surface area contributed by atoms with Crippen LogP contribution in [-0.4, -0.2) is 14.8 Å². The van der Waals surface area contributed by atoms with Crippen molar-refractivity contribution in [1.29, 1.82) is 0 Å². The number of fused-ring (bicyclic) bond motifs is 3. The van der Waals surface area contributed by atoms with Crippen molar-refractivity contribution in [2.75, 3.05) is 0 Å². The van der Waals surface area contributed by atoms with Gasteiger partial charge in [-0.05, 0) is 36.4 Å². The molecule has 4 nitrogen and oxygen atoms in total. The molecule has 4 aromatic rings. The molecule has 0 fully saturated rings. The highest BCUT2D eigenvalue weighted by atomic mass is 79.9. The summed E-state index contributed by atoms with van der Waals surface area (Å²) in [6, 6.07) is 10.8. The smallest absolute Gasteiger partial charge is 0.280 e. The van der Waals surface area contributed by atoms with E-state index in [2.05, 4.69) is 26.0 Å². The largest absolute Gasteiger partial charge is 0.289 e. The molecule has 4 rings (SSSR count). The average Bonchev–Trinajstić information content (AvgIpc) is 2.84. The summed E-state index contributed by atoms with van der Waals surface area (Å²) in [6.07, 6.45) is 1.54. The molecule has 0 aliphatic carbocycles. The highest BCUT2D eigenvalue weighted by Crippen LogP contribution is 2.31. The van der Waals surface area contributed by atoms with Crippen LogP contribution in [0, 0.1) is 0 Å². The molecule has 0 saturated heterocycles. The van der Waals surface area contributed by atoms with Gasteiger partial charge in [-0.2, -0.15) is 0 Å². The van der Waals surface area contributed by atoms with Crippen LogP contribution < -0.4 is 5.56 Å². The van der Waals surface area contributed by atoms with Crippen molar-refractivity contribution in [3.8, 4) is 5.69 Å². The van der Waals surface area contributed by atoms with Crippen LogP contribution in [0.25, 0.3) is 27.5 Å². The monoisotopic (exact) mass is 407 g/mol. The van der Waals surface area contributed by atoms with E-state index in [-0.39, 0.29) is 5.56 Å². The number of aromatic amines is 1. The summed E-state index contributed by atoms with van der Waals surface area (Å²) in [4.78, 5) is 16.9. The fourth-order valence-corrected chi connectivity index (χ4v) is 3.42. The molecule has 114 valence electrons. The van der Waals surface area contributed by atoms with Crippen molar-refractivity contribution >= 4 is 60.9 Å². The van der Waals surface area contributed by atoms with Crippen LogP contribution in [0.1, 0.15) is 0 Å². The van der Waals surface area contributed by atoms with E-state index < -0.39 is 0 Å². The molecule has 2 aromatic carbocycles. The third kappa shape index (κ3) is 2.36. The molecule has 0 amide bonds. The van der Waals surface area contributed by atoms with Gasteiger partial charge in [-0.1, -0.05) is 39.1 Å². The summed E-state index contributed by atoms with van der Waals surface area (Å²) in [6.45, 7) is 0. The Morgan fingerprint density at radius 2 is 1.87 bits per heavy atom. The van der Waals surface area contributed by atoms with E-state index in [9.17, 15) is 4.79 Å². The molecule has 1 N–H and O–H groups in total. The van der Waals surface area contributed by atoms with E-state index in [1.54, 1.807) is 18.3 Å². The second-order valence-corrected chi connectivity index (χ2v) is 6.82. The van der Waals surface area contributed by atoms with E-state index in [0.717, 1.165) is 10.2 Å². The quantitative estimate of drug-likeness (QED) is 0.485. The number of hydrogen-bond donors (Lipinski definition) is 1. The molecule has 0 bridgehead atoms. The van der Waals surface area contributed by atoms with Gasteiger partial charge < -0.3 is 0 Å². The highest BCUT2D eigenvalue weighted by Gasteiger charge is 2.14. The van der Waals surface area contributed by atoms with Crippen LogP contribution >= 0.6 is 39.1 Å². The lowest BCUT2D eigenvalue weighted by Gasteiger charge is -2.03. The maximum Gasteiger partial charge on any atom is 0.280 e. The Kier molecular flexibility index (Phi) is 3.44. The van der Waals surface area contributed by atoms with Crippen molar-refractivity contribution in [2.24, 2.45) is 0 Å². The van der Waals surface area contributed by atoms with Crippen LogP contribution in [0.2, 0.25) is 10.0 Å². The van der Waals surface area contributed by atoms with Crippen molar-refractivity contribution in [3.63, 3.8) is 0 Å². The number of aromatic nitrogens is 3. The molecule has 0 radical (unpaired) electrons. The summed E-state index contributed by atoms with van der Waals surface area (Å²) in [5, 5.41) is 5.24. The minimum atomic E-state index is -0.178. The second-order valence-electron chi connectivity index (χ2n) is 5.06. The molecule has 2 heterocycles. The number of pyridine rings is 1. The minimum absolute atomic E-state index is 0.178. The standard InChI is InChI=1S/C16H8BrCl2N3O/c17-8-1-3-10(4-2-8)22-16(23)11-7-20-13-6-9(18)5-12(19)14(13)15(11)21-22/h1-7,21H. The molecule has 0 aliphatic rings. The molecular formula is C16H8BrCl2N3O. The van der Waals surface area contributed by atoms with Crippen LogP contribution in [0.3, 0.4) is 0 Å². The van der Waals surface area contributed by atoms with Gasteiger partial charge in [0.05, 0.1) is 27.1 Å². The Balaban J connectivity index is 2.09. The summed E-state index contributed by atoms with van der Waals surface area (Å²) in [5.74, 6) is 0. The first-order chi connectivity index (χ1) is 11.0. The maximum atomic E-state index is 12.6. The van der Waals surface area contributed by atoms with E-state index in [0.29, 0.717) is 31.9 Å². The van der Waals surface area contributed by atoms with Crippen LogP contribution in [0.15, 0.2) is 51.9 Å². The SMILES string of the molecule is O=c1c2cnc3cc(Cl)cc(Cl)c3c2[nH]n1-c1ccc(Br)cc1. The Hall–Kier alpha value is -1.82. The summed E-state index contributed by atoms with van der Waals surface area (Å²) in [5.41, 5.74) is 1.83. The van der Waals surface area contributed by atoms with Gasteiger partial charge in [0, 0.05) is 21.1 Å². The third-order valence-electron chi connectivity index (χ3n) is 3.63. The molecule has 7 heteroatoms. The van der Waals surface area contributed by atoms with Gasteiger partial charge >= 0.3 is 0 Å². The van der Waals surface area contributed by atoms with Gasteiger partial charge in [-0.15, -0.1) is 0 Å². The summed E-state index contributed by atoms with van der Waals surface area (Å²) < 4.78 is 2.42. The number of hydrogen-bond acceptors (Lipinski definition) is 2. The van der Waals surface area contributed by atoms with Crippen LogP contribution in [0.4, 0.5) is 0 Å². The molecule has 2 aromatic heterocycles. The molecule has 0 aliphatic heterocycles. The summed E-state index contributed by atoms with van der Waals surface area (Å²) in [7, 11) is 0. The fourth-order valence-electron chi connectivity index (χ4n) is 2.58. The molecule has 0 atom stereocenters. The normalized spacial score (nSPS) is 11.4. The fraction of sp³-hybridized carbons (Fsp3) is 0. The second kappa shape index (κ2) is 5.37. The third-order valence-corrected chi connectivity index (χ3v) is 4.67. The van der Waals surface area contributed by atoms with E-state index in [1.165, 1.54) is 4.68 Å². The summed E-state index contributed by atoms with van der Waals surface area (Å²) >= 11 is 15.7. The minimum Gasteiger partial charge on any atom is -0.289 e. The number of halogens is 3. The van der Waals surface area contributed by atoms with Crippen LogP contribution in [0.5, 0.6) is 0 Å². The zero-order chi connectivity index (χ0) is 16.1. The van der Waals surface area contributed by atoms with Crippen molar-refractivity contribution in [3.05, 3.63) is 67.5 Å². The van der Waals surface area contributed by atoms with Gasteiger partial charge in [0.25, 0.3) is 5.56 Å². The Bertz CT molecular complexity index is 1120. The maximum absolute atomic E-state index is 12.6. The number of nitrogens with one attached hydrogen (secondary N) is 1. The van der Waals surface area contributed by atoms with Crippen molar-refractivity contribution in [1.82, 2.24) is 14.8 Å². The first-order valence-corrected chi connectivity index (χ1v) is 8.24. The van der Waals surface area contributed by atoms with Crippen LogP contribution in [-0.2, 0) is 0 Å². The van der Waals surface area contributed by atoms with Crippen molar-refractivity contribution in [2.45, 2.75) is 0 Å². The molecule has 23 heavy (non-hydrogen) atoms. The number of nitrogens with zero attached hydrogens (tertiary/aromatic N) is 2. The molecule has 0 spiro atoms. The lowest BCUT2D eigenvalue weighted by Crippen LogP contribution is -2.13.